The Morgan fingerprint density at radius 1 is 0.943 bits per heavy atom. The average Bonchev–Trinajstić information content (AvgIpc) is 3.26. The molecule has 0 spiro atoms. The Labute approximate surface area is 199 Å². The highest BCUT2D eigenvalue weighted by Crippen LogP contribution is 2.33. The van der Waals surface area contributed by atoms with E-state index >= 15 is 0 Å². The summed E-state index contributed by atoms with van der Waals surface area (Å²) in [6.07, 6.45) is 0. The van der Waals surface area contributed by atoms with Crippen molar-refractivity contribution in [2.24, 2.45) is 0 Å². The number of carbonyl (C=O) groups excluding carboxylic acids is 1. The van der Waals surface area contributed by atoms with Crippen LogP contribution in [0.1, 0.15) is 5.56 Å². The van der Waals surface area contributed by atoms with Crippen molar-refractivity contribution in [3.8, 4) is 22.8 Å². The first-order valence-corrected chi connectivity index (χ1v) is 10.9. The lowest BCUT2D eigenvalue weighted by atomic mass is 10.1. The predicted molar refractivity (Wildman–Crippen MR) is 130 cm³/mol. The molecule has 0 radical (unpaired) electrons. The second kappa shape index (κ2) is 9.34. The van der Waals surface area contributed by atoms with Crippen LogP contribution < -0.4 is 10.1 Å². The molecule has 174 valence electrons. The van der Waals surface area contributed by atoms with Gasteiger partial charge in [0, 0.05) is 23.4 Å². The van der Waals surface area contributed by atoms with E-state index in [0.29, 0.717) is 5.65 Å². The number of para-hydroxylation sites is 1. The van der Waals surface area contributed by atoms with E-state index in [1.807, 2.05) is 67.6 Å². The summed E-state index contributed by atoms with van der Waals surface area (Å²) in [6.45, 7) is 1.57. The monoisotopic (exact) mass is 470 g/mol. The van der Waals surface area contributed by atoms with Crippen molar-refractivity contribution in [3.05, 3.63) is 102 Å². The number of ether oxygens (including phenoxy) is 1. The zero-order valence-electron chi connectivity index (χ0n) is 18.7. The first-order chi connectivity index (χ1) is 17.0. The van der Waals surface area contributed by atoms with Crippen LogP contribution in [0.4, 0.5) is 14.5 Å². The Hall–Kier alpha value is -4.59. The second-order valence-electron chi connectivity index (χ2n) is 7.90. The summed E-state index contributed by atoms with van der Waals surface area (Å²) in [6, 6.07) is 24.3. The summed E-state index contributed by atoms with van der Waals surface area (Å²) >= 11 is 0. The predicted octanol–water partition coefficient (Wildman–Crippen LogP) is 5.69. The first-order valence-electron chi connectivity index (χ1n) is 10.9. The number of benzene rings is 3. The molecule has 1 amide bonds. The number of nitrogens with one attached hydrogen (secondary N) is 1. The molecule has 0 bridgehead atoms. The molecule has 0 aliphatic carbocycles. The van der Waals surface area contributed by atoms with Gasteiger partial charge in [-0.25, -0.2) is 13.5 Å². The van der Waals surface area contributed by atoms with Gasteiger partial charge in [-0.3, -0.25) is 4.79 Å². The van der Waals surface area contributed by atoms with E-state index in [9.17, 15) is 13.6 Å². The number of aromatic nitrogens is 3. The number of hydrogen-bond donors (Lipinski definition) is 1. The van der Waals surface area contributed by atoms with Crippen LogP contribution >= 0.6 is 0 Å². The molecule has 6 nitrogen and oxygen atoms in total. The highest BCUT2D eigenvalue weighted by Gasteiger charge is 2.19. The molecule has 5 aromatic rings. The van der Waals surface area contributed by atoms with Crippen molar-refractivity contribution in [1.29, 1.82) is 0 Å². The standard InChI is InChI=1S/C27H20F2N4O2/c1-17-14-24(35-16-23(34)30-19-12-13-21(28)22(29)15-19)31-27-25(17)26(18-8-4-2-5-9-18)32-33(27)20-10-6-3-7-11-20/h2-15H,16H2,1H3,(H,30,34). The molecule has 2 heterocycles. The topological polar surface area (TPSA) is 69.0 Å². The van der Waals surface area contributed by atoms with Gasteiger partial charge in [0.2, 0.25) is 5.88 Å². The minimum atomic E-state index is -1.05. The largest absolute Gasteiger partial charge is 0.467 e. The average molecular weight is 470 g/mol. The molecular formula is C27H20F2N4O2. The fraction of sp³-hybridized carbons (Fsp3) is 0.0741. The van der Waals surface area contributed by atoms with Crippen LogP contribution in [0, 0.1) is 18.6 Å². The molecule has 35 heavy (non-hydrogen) atoms. The SMILES string of the molecule is Cc1cc(OCC(=O)Nc2ccc(F)c(F)c2)nc2c1c(-c1ccccc1)nn2-c1ccccc1. The third kappa shape index (κ3) is 4.59. The number of hydrogen-bond acceptors (Lipinski definition) is 4. The molecule has 0 saturated carbocycles. The Morgan fingerprint density at radius 3 is 2.37 bits per heavy atom. The van der Waals surface area contributed by atoms with Gasteiger partial charge in [0.15, 0.2) is 23.9 Å². The third-order valence-electron chi connectivity index (χ3n) is 5.41. The third-order valence-corrected chi connectivity index (χ3v) is 5.41. The van der Waals surface area contributed by atoms with E-state index in [-0.39, 0.29) is 18.2 Å². The van der Waals surface area contributed by atoms with Gasteiger partial charge in [-0.15, -0.1) is 0 Å². The maximum atomic E-state index is 13.4. The summed E-state index contributed by atoms with van der Waals surface area (Å²) in [5.41, 5.74) is 4.18. The minimum absolute atomic E-state index is 0.131. The second-order valence-corrected chi connectivity index (χ2v) is 7.90. The molecule has 0 atom stereocenters. The van der Waals surface area contributed by atoms with Gasteiger partial charge in [-0.2, -0.15) is 10.1 Å². The van der Waals surface area contributed by atoms with Gasteiger partial charge in [0.25, 0.3) is 5.91 Å². The molecule has 8 heteroatoms. The lowest BCUT2D eigenvalue weighted by Crippen LogP contribution is -2.20. The van der Waals surface area contributed by atoms with E-state index in [2.05, 4.69) is 10.3 Å². The summed E-state index contributed by atoms with van der Waals surface area (Å²) in [5, 5.41) is 8.20. The summed E-state index contributed by atoms with van der Waals surface area (Å²) < 4.78 is 33.9. The number of amides is 1. The molecule has 0 fully saturated rings. The molecule has 2 aromatic heterocycles. The van der Waals surface area contributed by atoms with Crippen LogP contribution in [0.25, 0.3) is 28.0 Å². The van der Waals surface area contributed by atoms with Crippen molar-refractivity contribution < 1.29 is 18.3 Å². The number of fused-ring (bicyclic) bond motifs is 1. The van der Waals surface area contributed by atoms with E-state index in [0.717, 1.165) is 40.0 Å². The lowest BCUT2D eigenvalue weighted by molar-refractivity contribution is -0.118. The molecule has 0 unspecified atom stereocenters. The minimum Gasteiger partial charge on any atom is -0.467 e. The van der Waals surface area contributed by atoms with Crippen LogP contribution in [-0.2, 0) is 4.79 Å². The number of carbonyl (C=O) groups is 1. The van der Waals surface area contributed by atoms with Crippen molar-refractivity contribution in [2.75, 3.05) is 11.9 Å². The van der Waals surface area contributed by atoms with Gasteiger partial charge in [0.1, 0.15) is 5.69 Å². The Balaban J connectivity index is 1.47. The van der Waals surface area contributed by atoms with Crippen LogP contribution in [0.15, 0.2) is 84.9 Å². The van der Waals surface area contributed by atoms with Crippen LogP contribution in [0.5, 0.6) is 5.88 Å². The highest BCUT2D eigenvalue weighted by molar-refractivity contribution is 5.95. The Bertz CT molecular complexity index is 1520. The summed E-state index contributed by atoms with van der Waals surface area (Å²) in [7, 11) is 0. The van der Waals surface area contributed by atoms with Gasteiger partial charge in [0.05, 0.1) is 11.1 Å². The van der Waals surface area contributed by atoms with Gasteiger partial charge < -0.3 is 10.1 Å². The number of nitrogens with zero attached hydrogens (tertiary/aromatic N) is 3. The molecule has 1 N–H and O–H groups in total. The zero-order chi connectivity index (χ0) is 24.4. The quantitative estimate of drug-likeness (QED) is 0.346. The maximum Gasteiger partial charge on any atom is 0.262 e. The molecule has 3 aromatic carbocycles. The molecular weight excluding hydrogens is 450 g/mol. The van der Waals surface area contributed by atoms with Crippen molar-refractivity contribution in [3.63, 3.8) is 0 Å². The van der Waals surface area contributed by atoms with Crippen molar-refractivity contribution >= 4 is 22.6 Å². The fourth-order valence-corrected chi connectivity index (χ4v) is 3.80. The van der Waals surface area contributed by atoms with Crippen LogP contribution in [0.3, 0.4) is 0 Å². The number of halogens is 2. The van der Waals surface area contributed by atoms with E-state index in [1.165, 1.54) is 6.07 Å². The van der Waals surface area contributed by atoms with Gasteiger partial charge >= 0.3 is 0 Å². The lowest BCUT2D eigenvalue weighted by Gasteiger charge is -2.09. The van der Waals surface area contributed by atoms with Crippen molar-refractivity contribution in [1.82, 2.24) is 14.8 Å². The van der Waals surface area contributed by atoms with Crippen molar-refractivity contribution in [2.45, 2.75) is 6.92 Å². The zero-order valence-corrected chi connectivity index (χ0v) is 18.7. The Kier molecular flexibility index (Phi) is 5.93. The summed E-state index contributed by atoms with van der Waals surface area (Å²) in [4.78, 5) is 17.0. The van der Waals surface area contributed by atoms with E-state index in [1.54, 1.807) is 10.7 Å². The van der Waals surface area contributed by atoms with E-state index in [4.69, 9.17) is 9.84 Å². The number of aryl methyl sites for hydroxylation is 1. The molecule has 5 rings (SSSR count). The highest BCUT2D eigenvalue weighted by atomic mass is 19.2. The van der Waals surface area contributed by atoms with Gasteiger partial charge in [-0.05, 0) is 36.8 Å². The Morgan fingerprint density at radius 2 is 1.66 bits per heavy atom. The normalized spacial score (nSPS) is 10.9. The molecule has 0 aliphatic rings. The number of pyridine rings is 1. The van der Waals surface area contributed by atoms with Crippen LogP contribution in [0.2, 0.25) is 0 Å². The smallest absolute Gasteiger partial charge is 0.262 e. The summed E-state index contributed by atoms with van der Waals surface area (Å²) in [5.74, 6) is -2.32. The molecule has 0 aliphatic heterocycles. The number of rotatable bonds is 6. The maximum absolute atomic E-state index is 13.4. The number of anilines is 1. The fourth-order valence-electron chi connectivity index (χ4n) is 3.80. The molecule has 0 saturated heterocycles. The van der Waals surface area contributed by atoms with Crippen LogP contribution in [-0.4, -0.2) is 27.3 Å². The van der Waals surface area contributed by atoms with E-state index < -0.39 is 17.5 Å². The van der Waals surface area contributed by atoms with Gasteiger partial charge in [-0.1, -0.05) is 48.5 Å². The first kappa shape index (κ1) is 22.2.